The third kappa shape index (κ3) is 1.82. The lowest BCUT2D eigenvalue weighted by molar-refractivity contribution is -0.104. The average molecular weight is 163 g/mol. The second-order valence-corrected chi connectivity index (χ2v) is 2.24. The highest BCUT2D eigenvalue weighted by Crippen LogP contribution is 2.12. The van der Waals surface area contributed by atoms with Crippen LogP contribution in [0.15, 0.2) is 18.3 Å². The summed E-state index contributed by atoms with van der Waals surface area (Å²) in [5.74, 6) is 0.304. The summed E-state index contributed by atoms with van der Waals surface area (Å²) in [7, 11) is 0. The fraction of sp³-hybridized carbons (Fsp3) is 0. The number of nitrogen functional groups attached to an aromatic ring is 2. The fourth-order valence-corrected chi connectivity index (χ4v) is 0.751. The largest absolute Gasteiger partial charge is 0.396 e. The van der Waals surface area contributed by atoms with E-state index in [2.05, 4.69) is 4.98 Å². The van der Waals surface area contributed by atoms with Gasteiger partial charge < -0.3 is 11.5 Å². The van der Waals surface area contributed by atoms with E-state index in [9.17, 15) is 4.79 Å². The molecule has 0 aromatic carbocycles. The summed E-state index contributed by atoms with van der Waals surface area (Å²) >= 11 is 0. The first kappa shape index (κ1) is 8.26. The Morgan fingerprint density at radius 1 is 1.42 bits per heavy atom. The minimum absolute atomic E-state index is 0.304. The number of pyridine rings is 1. The van der Waals surface area contributed by atoms with Gasteiger partial charge in [0, 0.05) is 6.20 Å². The van der Waals surface area contributed by atoms with Gasteiger partial charge in [0.1, 0.15) is 12.1 Å². The molecule has 0 atom stereocenters. The Hall–Kier alpha value is -1.84. The van der Waals surface area contributed by atoms with E-state index in [0.29, 0.717) is 17.8 Å². The van der Waals surface area contributed by atoms with Gasteiger partial charge in [0.15, 0.2) is 0 Å². The molecular weight excluding hydrogens is 154 g/mol. The minimum Gasteiger partial charge on any atom is -0.396 e. The summed E-state index contributed by atoms with van der Waals surface area (Å²) in [6.45, 7) is 0. The number of hydrogen-bond acceptors (Lipinski definition) is 4. The SMILES string of the molecule is Nc1cc(C=CC=O)cnc1N. The maximum Gasteiger partial charge on any atom is 0.146 e. The highest BCUT2D eigenvalue weighted by molar-refractivity contribution is 5.75. The van der Waals surface area contributed by atoms with Crippen LogP contribution < -0.4 is 11.5 Å². The number of nitrogens with zero attached hydrogens (tertiary/aromatic N) is 1. The topological polar surface area (TPSA) is 82.0 Å². The molecule has 1 heterocycles. The summed E-state index contributed by atoms with van der Waals surface area (Å²) in [5, 5.41) is 0. The van der Waals surface area contributed by atoms with Crippen molar-refractivity contribution in [2.24, 2.45) is 0 Å². The number of hydrogen-bond donors (Lipinski definition) is 2. The minimum atomic E-state index is 0.304. The van der Waals surface area contributed by atoms with Crippen LogP contribution in [-0.2, 0) is 4.79 Å². The van der Waals surface area contributed by atoms with Crippen molar-refractivity contribution in [1.29, 1.82) is 0 Å². The van der Waals surface area contributed by atoms with Crippen LogP contribution in [0, 0.1) is 0 Å². The molecule has 0 fully saturated rings. The van der Waals surface area contributed by atoms with Crippen LogP contribution in [0.3, 0.4) is 0 Å². The van der Waals surface area contributed by atoms with Crippen molar-refractivity contribution >= 4 is 23.9 Å². The molecule has 4 N–H and O–H groups in total. The average Bonchev–Trinajstić information content (AvgIpc) is 2.07. The Kier molecular flexibility index (Phi) is 2.42. The van der Waals surface area contributed by atoms with E-state index in [1.807, 2.05) is 0 Å². The summed E-state index contributed by atoms with van der Waals surface area (Å²) in [6, 6.07) is 1.66. The number of allylic oxidation sites excluding steroid dienone is 1. The third-order valence-electron chi connectivity index (χ3n) is 1.34. The van der Waals surface area contributed by atoms with Crippen LogP contribution in [0.2, 0.25) is 0 Å². The molecule has 1 aromatic rings. The second-order valence-electron chi connectivity index (χ2n) is 2.24. The number of carbonyl (C=O) groups is 1. The van der Waals surface area contributed by atoms with Gasteiger partial charge in [-0.15, -0.1) is 0 Å². The number of aromatic nitrogens is 1. The predicted molar refractivity (Wildman–Crippen MR) is 48.2 cm³/mol. The van der Waals surface area contributed by atoms with Crippen molar-refractivity contribution in [3.05, 3.63) is 23.9 Å². The molecule has 0 spiro atoms. The number of aldehydes is 1. The zero-order valence-corrected chi connectivity index (χ0v) is 6.40. The standard InChI is InChI=1S/C8H9N3O/c9-7-4-6(2-1-3-12)5-11-8(7)10/h1-5H,9H2,(H2,10,11). The molecule has 0 unspecified atom stereocenters. The van der Waals surface area contributed by atoms with Crippen molar-refractivity contribution in [3.63, 3.8) is 0 Å². The van der Waals surface area contributed by atoms with Crippen LogP contribution in [0.4, 0.5) is 11.5 Å². The second kappa shape index (κ2) is 3.52. The number of carbonyl (C=O) groups excluding carboxylic acids is 1. The van der Waals surface area contributed by atoms with Crippen molar-refractivity contribution in [3.8, 4) is 0 Å². The zero-order chi connectivity index (χ0) is 8.97. The van der Waals surface area contributed by atoms with Crippen LogP contribution in [-0.4, -0.2) is 11.3 Å². The molecule has 0 saturated carbocycles. The van der Waals surface area contributed by atoms with Gasteiger partial charge in [-0.3, -0.25) is 4.79 Å². The smallest absolute Gasteiger partial charge is 0.146 e. The predicted octanol–water partition coefficient (Wildman–Crippen LogP) is 0.458. The lowest BCUT2D eigenvalue weighted by atomic mass is 10.2. The molecule has 0 saturated heterocycles. The molecule has 1 rings (SSSR count). The van der Waals surface area contributed by atoms with E-state index in [1.165, 1.54) is 6.08 Å². The first-order chi connectivity index (χ1) is 5.74. The monoisotopic (exact) mass is 163 g/mol. The Labute approximate surface area is 69.9 Å². The molecule has 1 aromatic heterocycles. The van der Waals surface area contributed by atoms with Gasteiger partial charge in [-0.25, -0.2) is 4.98 Å². The zero-order valence-electron chi connectivity index (χ0n) is 6.40. The molecule has 4 nitrogen and oxygen atoms in total. The molecular formula is C8H9N3O. The first-order valence-corrected chi connectivity index (χ1v) is 3.37. The number of nitrogens with two attached hydrogens (primary N) is 2. The van der Waals surface area contributed by atoms with Crippen LogP contribution in [0.5, 0.6) is 0 Å². The molecule has 0 aliphatic heterocycles. The van der Waals surface area contributed by atoms with E-state index in [-0.39, 0.29) is 0 Å². The number of rotatable bonds is 2. The summed E-state index contributed by atoms with van der Waals surface area (Å²) in [4.78, 5) is 13.8. The molecule has 0 aliphatic carbocycles. The van der Waals surface area contributed by atoms with Gasteiger partial charge in [0.2, 0.25) is 0 Å². The van der Waals surface area contributed by atoms with Crippen LogP contribution in [0.25, 0.3) is 6.08 Å². The van der Waals surface area contributed by atoms with Gasteiger partial charge in [-0.1, -0.05) is 6.08 Å². The Morgan fingerprint density at radius 3 is 2.75 bits per heavy atom. The van der Waals surface area contributed by atoms with Crippen LogP contribution in [0.1, 0.15) is 5.56 Å². The molecule has 62 valence electrons. The third-order valence-corrected chi connectivity index (χ3v) is 1.34. The maximum absolute atomic E-state index is 9.97. The lowest BCUT2D eigenvalue weighted by Gasteiger charge is -1.98. The normalized spacial score (nSPS) is 10.3. The van der Waals surface area contributed by atoms with Gasteiger partial charge in [-0.05, 0) is 17.7 Å². The van der Waals surface area contributed by atoms with Crippen molar-refractivity contribution in [1.82, 2.24) is 4.98 Å². The van der Waals surface area contributed by atoms with E-state index in [0.717, 1.165) is 5.56 Å². The quantitative estimate of drug-likeness (QED) is 0.490. The van der Waals surface area contributed by atoms with Crippen molar-refractivity contribution in [2.75, 3.05) is 11.5 Å². The van der Waals surface area contributed by atoms with Crippen LogP contribution >= 0.6 is 0 Å². The summed E-state index contributed by atoms with van der Waals surface area (Å²) in [6.07, 6.45) is 5.21. The van der Waals surface area contributed by atoms with Gasteiger partial charge >= 0.3 is 0 Å². The molecule has 0 radical (unpaired) electrons. The van der Waals surface area contributed by atoms with Crippen molar-refractivity contribution in [2.45, 2.75) is 0 Å². The van der Waals surface area contributed by atoms with E-state index >= 15 is 0 Å². The molecule has 4 heteroatoms. The molecule has 0 aliphatic rings. The maximum atomic E-state index is 9.97. The highest BCUT2D eigenvalue weighted by Gasteiger charge is 1.94. The molecule has 0 amide bonds. The van der Waals surface area contributed by atoms with E-state index < -0.39 is 0 Å². The Balaban J connectivity index is 2.96. The Bertz CT molecular complexity index is 320. The highest BCUT2D eigenvalue weighted by atomic mass is 16.1. The van der Waals surface area contributed by atoms with Gasteiger partial charge in [0.05, 0.1) is 5.69 Å². The van der Waals surface area contributed by atoms with Gasteiger partial charge in [-0.2, -0.15) is 0 Å². The van der Waals surface area contributed by atoms with E-state index in [1.54, 1.807) is 18.3 Å². The lowest BCUT2D eigenvalue weighted by Crippen LogP contribution is -1.97. The fourth-order valence-electron chi connectivity index (χ4n) is 0.751. The van der Waals surface area contributed by atoms with E-state index in [4.69, 9.17) is 11.5 Å². The molecule has 0 bridgehead atoms. The van der Waals surface area contributed by atoms with Crippen molar-refractivity contribution < 1.29 is 4.79 Å². The molecule has 12 heavy (non-hydrogen) atoms. The van der Waals surface area contributed by atoms with Gasteiger partial charge in [0.25, 0.3) is 0 Å². The summed E-state index contributed by atoms with van der Waals surface area (Å²) < 4.78 is 0. The Morgan fingerprint density at radius 2 is 2.17 bits per heavy atom. The summed E-state index contributed by atoms with van der Waals surface area (Å²) in [5.41, 5.74) is 12.0. The first-order valence-electron chi connectivity index (χ1n) is 3.37. The number of anilines is 2.